The number of aryl methyl sites for hydroxylation is 3. The van der Waals surface area contributed by atoms with Crippen molar-refractivity contribution in [1.29, 1.82) is 0 Å². The molecule has 0 bridgehead atoms. The van der Waals surface area contributed by atoms with Crippen LogP contribution in [-0.2, 0) is 20.6 Å². The monoisotopic (exact) mass is 420 g/mol. The van der Waals surface area contributed by atoms with Gasteiger partial charge in [0.2, 0.25) is 0 Å². The minimum Gasteiger partial charge on any atom is -0.344 e. The fourth-order valence-electron chi connectivity index (χ4n) is 3.12. The lowest BCUT2D eigenvalue weighted by molar-refractivity contribution is -0.385. The van der Waals surface area contributed by atoms with Gasteiger partial charge >= 0.3 is 5.69 Å². The van der Waals surface area contributed by atoms with Crippen molar-refractivity contribution in [2.75, 3.05) is 5.33 Å². The molecule has 0 aliphatic rings. The maximum Gasteiger partial charge on any atom is 0.330 e. The summed E-state index contributed by atoms with van der Waals surface area (Å²) in [5.41, 5.74) is 1.32. The maximum atomic E-state index is 12.8. The third kappa shape index (κ3) is 2.68. The van der Waals surface area contributed by atoms with Gasteiger partial charge in [0.05, 0.1) is 21.5 Å². The van der Waals surface area contributed by atoms with Crippen LogP contribution in [0.15, 0.2) is 34.0 Å². The van der Waals surface area contributed by atoms with Crippen LogP contribution in [0.3, 0.4) is 0 Å². The van der Waals surface area contributed by atoms with Gasteiger partial charge in [0, 0.05) is 49.4 Å². The second kappa shape index (κ2) is 6.56. The van der Waals surface area contributed by atoms with E-state index in [-0.39, 0.29) is 5.69 Å². The number of hydrogen-bond acceptors (Lipinski definition) is 4. The zero-order valence-electron chi connectivity index (χ0n) is 14.5. The molecule has 8 nitrogen and oxygen atoms in total. The summed E-state index contributed by atoms with van der Waals surface area (Å²) < 4.78 is 4.30. The Bertz CT molecular complexity index is 1160. The van der Waals surface area contributed by atoms with Crippen LogP contribution in [0, 0.1) is 17.0 Å². The van der Waals surface area contributed by atoms with E-state index in [1.54, 1.807) is 32.3 Å². The SMILES string of the molecule is Cc1ccc(-c2c3c(=O)n(C)c(=O)n(C)c3cn2CCBr)cc1[N+](=O)[O-]. The van der Waals surface area contributed by atoms with Gasteiger partial charge in [-0.3, -0.25) is 24.0 Å². The first-order valence-electron chi connectivity index (χ1n) is 7.88. The molecule has 136 valence electrons. The number of aromatic nitrogens is 3. The molecule has 0 spiro atoms. The topological polar surface area (TPSA) is 92.1 Å². The van der Waals surface area contributed by atoms with E-state index in [0.717, 1.165) is 4.57 Å². The molecule has 0 saturated carbocycles. The maximum absolute atomic E-state index is 12.8. The van der Waals surface area contributed by atoms with Gasteiger partial charge in [0.25, 0.3) is 11.2 Å². The quantitative estimate of drug-likeness (QED) is 0.367. The molecule has 0 aliphatic heterocycles. The summed E-state index contributed by atoms with van der Waals surface area (Å²) in [4.78, 5) is 35.9. The molecular formula is C17H17BrN4O4. The van der Waals surface area contributed by atoms with Gasteiger partial charge < -0.3 is 4.57 Å². The van der Waals surface area contributed by atoms with Gasteiger partial charge in [-0.25, -0.2) is 4.79 Å². The van der Waals surface area contributed by atoms with E-state index in [2.05, 4.69) is 15.9 Å². The fraction of sp³-hybridized carbons (Fsp3) is 0.294. The van der Waals surface area contributed by atoms with Gasteiger partial charge in [-0.05, 0) is 6.92 Å². The van der Waals surface area contributed by atoms with Gasteiger partial charge in [0.1, 0.15) is 0 Å². The lowest BCUT2D eigenvalue weighted by Gasteiger charge is -2.09. The highest BCUT2D eigenvalue weighted by atomic mass is 79.9. The molecule has 2 aromatic heterocycles. The van der Waals surface area contributed by atoms with Crippen molar-refractivity contribution >= 4 is 32.5 Å². The van der Waals surface area contributed by atoms with Gasteiger partial charge in [-0.2, -0.15) is 0 Å². The Morgan fingerprint density at radius 2 is 1.88 bits per heavy atom. The molecule has 1 aromatic carbocycles. The minimum absolute atomic E-state index is 0.0103. The second-order valence-corrected chi connectivity index (χ2v) is 6.88. The third-order valence-electron chi connectivity index (χ3n) is 4.52. The van der Waals surface area contributed by atoms with Crippen molar-refractivity contribution < 1.29 is 4.92 Å². The first kappa shape index (κ1) is 18.1. The summed E-state index contributed by atoms with van der Waals surface area (Å²) in [5.74, 6) is 0. The number of rotatable bonds is 4. The van der Waals surface area contributed by atoms with E-state index in [4.69, 9.17) is 0 Å². The summed E-state index contributed by atoms with van der Waals surface area (Å²) in [6.07, 6.45) is 1.74. The van der Waals surface area contributed by atoms with Crippen molar-refractivity contribution in [3.63, 3.8) is 0 Å². The smallest absolute Gasteiger partial charge is 0.330 e. The summed E-state index contributed by atoms with van der Waals surface area (Å²) in [6, 6.07) is 4.89. The molecule has 3 aromatic rings. The van der Waals surface area contributed by atoms with Gasteiger partial charge in [-0.15, -0.1) is 0 Å². The first-order valence-corrected chi connectivity index (χ1v) is 9.00. The van der Waals surface area contributed by atoms with Crippen molar-refractivity contribution in [2.24, 2.45) is 14.1 Å². The van der Waals surface area contributed by atoms with E-state index in [1.165, 1.54) is 17.7 Å². The van der Waals surface area contributed by atoms with Crippen molar-refractivity contribution in [2.45, 2.75) is 13.5 Å². The molecule has 9 heteroatoms. The molecule has 0 fully saturated rings. The zero-order chi connectivity index (χ0) is 19.2. The zero-order valence-corrected chi connectivity index (χ0v) is 16.1. The fourth-order valence-corrected chi connectivity index (χ4v) is 3.50. The summed E-state index contributed by atoms with van der Waals surface area (Å²) >= 11 is 3.38. The van der Waals surface area contributed by atoms with Crippen LogP contribution in [0.2, 0.25) is 0 Å². The predicted octanol–water partition coefficient (Wildman–Crippen LogP) is 2.32. The lowest BCUT2D eigenvalue weighted by Crippen LogP contribution is -2.36. The molecule has 3 rings (SSSR count). The summed E-state index contributed by atoms with van der Waals surface area (Å²) in [5, 5.41) is 12.3. The van der Waals surface area contributed by atoms with E-state index >= 15 is 0 Å². The standard InChI is InChI=1S/C17H17BrN4O4/c1-10-4-5-11(8-12(10)22(25)26)15-14-13(9-21(15)7-6-18)19(2)17(24)20(3)16(14)23/h4-5,8-9H,6-7H2,1-3H3. The van der Waals surface area contributed by atoms with E-state index in [9.17, 15) is 19.7 Å². The van der Waals surface area contributed by atoms with Crippen LogP contribution < -0.4 is 11.2 Å². The molecule has 0 radical (unpaired) electrons. The van der Waals surface area contributed by atoms with Crippen LogP contribution in [0.1, 0.15) is 5.56 Å². The Morgan fingerprint density at radius 1 is 1.19 bits per heavy atom. The highest BCUT2D eigenvalue weighted by Gasteiger charge is 2.21. The van der Waals surface area contributed by atoms with Crippen molar-refractivity contribution in [3.05, 3.63) is 60.9 Å². The predicted molar refractivity (Wildman–Crippen MR) is 103 cm³/mol. The largest absolute Gasteiger partial charge is 0.344 e. The average Bonchev–Trinajstić information content (AvgIpc) is 2.98. The number of benzene rings is 1. The van der Waals surface area contributed by atoms with Crippen LogP contribution in [0.4, 0.5) is 5.69 Å². The number of hydrogen-bond donors (Lipinski definition) is 0. The van der Waals surface area contributed by atoms with Gasteiger partial charge in [0.15, 0.2) is 0 Å². The molecule has 26 heavy (non-hydrogen) atoms. The van der Waals surface area contributed by atoms with Crippen molar-refractivity contribution in [1.82, 2.24) is 13.7 Å². The molecule has 0 atom stereocenters. The number of halogens is 1. The highest BCUT2D eigenvalue weighted by molar-refractivity contribution is 9.09. The average molecular weight is 421 g/mol. The van der Waals surface area contributed by atoms with Gasteiger partial charge in [-0.1, -0.05) is 28.1 Å². The number of fused-ring (bicyclic) bond motifs is 1. The Hall–Kier alpha value is -2.68. The number of alkyl halides is 1. The Kier molecular flexibility index (Phi) is 4.57. The molecule has 0 saturated heterocycles. The van der Waals surface area contributed by atoms with Crippen LogP contribution in [-0.4, -0.2) is 24.0 Å². The van der Waals surface area contributed by atoms with E-state index in [0.29, 0.717) is 39.6 Å². The highest BCUT2D eigenvalue weighted by Crippen LogP contribution is 2.31. The van der Waals surface area contributed by atoms with Crippen molar-refractivity contribution in [3.8, 4) is 11.3 Å². The van der Waals surface area contributed by atoms with Crippen LogP contribution >= 0.6 is 15.9 Å². The Balaban J connectivity index is 2.48. The van der Waals surface area contributed by atoms with Crippen LogP contribution in [0.5, 0.6) is 0 Å². The first-order chi connectivity index (χ1) is 12.3. The summed E-state index contributed by atoms with van der Waals surface area (Å²) in [6.45, 7) is 2.21. The minimum atomic E-state index is -0.438. The molecule has 0 unspecified atom stereocenters. The number of nitro groups is 1. The Morgan fingerprint density at radius 3 is 2.50 bits per heavy atom. The molecule has 2 heterocycles. The molecule has 0 amide bonds. The number of nitrogens with zero attached hydrogens (tertiary/aromatic N) is 4. The van der Waals surface area contributed by atoms with E-state index in [1.807, 2.05) is 4.57 Å². The third-order valence-corrected chi connectivity index (χ3v) is 4.87. The van der Waals surface area contributed by atoms with E-state index < -0.39 is 16.2 Å². The molecule has 0 aliphatic carbocycles. The normalized spacial score (nSPS) is 11.2. The second-order valence-electron chi connectivity index (χ2n) is 6.08. The Labute approximate surface area is 156 Å². The molecule has 0 N–H and O–H groups in total. The lowest BCUT2D eigenvalue weighted by atomic mass is 10.1. The molecular weight excluding hydrogens is 404 g/mol. The van der Waals surface area contributed by atoms with Crippen LogP contribution in [0.25, 0.3) is 22.2 Å². The summed E-state index contributed by atoms with van der Waals surface area (Å²) in [7, 11) is 3.03. The number of nitro benzene ring substituents is 1.